The van der Waals surface area contributed by atoms with Crippen molar-refractivity contribution in [3.8, 4) is 5.69 Å². The molecule has 3 aromatic rings. The third-order valence-corrected chi connectivity index (χ3v) is 3.96. The lowest BCUT2D eigenvalue weighted by Crippen LogP contribution is -2.42. The zero-order valence-corrected chi connectivity index (χ0v) is 15.1. The number of amides is 2. The quantitative estimate of drug-likeness (QED) is 0.696. The fourth-order valence-corrected chi connectivity index (χ4v) is 2.57. The Morgan fingerprint density at radius 2 is 1.59 bits per heavy atom. The molecule has 1 aromatic heterocycles. The monoisotopic (exact) mass is 367 g/mol. The number of hydrogen-bond donors (Lipinski definition) is 2. The second kappa shape index (κ2) is 7.36. The molecular formula is C19H18FN5O2. The van der Waals surface area contributed by atoms with Gasteiger partial charge in [-0.25, -0.2) is 4.39 Å². The van der Waals surface area contributed by atoms with Crippen LogP contribution in [0.15, 0.2) is 42.5 Å². The van der Waals surface area contributed by atoms with Gasteiger partial charge in [0.25, 0.3) is 11.8 Å². The zero-order chi connectivity index (χ0) is 19.6. The molecule has 2 aromatic carbocycles. The van der Waals surface area contributed by atoms with Crippen LogP contribution in [0.2, 0.25) is 0 Å². The molecule has 7 nitrogen and oxygen atoms in total. The summed E-state index contributed by atoms with van der Waals surface area (Å²) in [5.74, 6) is -1.61. The van der Waals surface area contributed by atoms with Crippen LogP contribution >= 0.6 is 0 Å². The summed E-state index contributed by atoms with van der Waals surface area (Å²) in [5, 5.41) is 8.50. The van der Waals surface area contributed by atoms with E-state index in [-0.39, 0.29) is 11.3 Å². The minimum atomic E-state index is -0.598. The second-order valence-electron chi connectivity index (χ2n) is 6.13. The van der Waals surface area contributed by atoms with Gasteiger partial charge in [-0.05, 0) is 56.7 Å². The van der Waals surface area contributed by atoms with Crippen molar-refractivity contribution in [2.75, 3.05) is 0 Å². The molecule has 0 unspecified atom stereocenters. The van der Waals surface area contributed by atoms with Gasteiger partial charge >= 0.3 is 0 Å². The molecule has 0 atom stereocenters. The van der Waals surface area contributed by atoms with Crippen LogP contribution in [-0.4, -0.2) is 26.8 Å². The van der Waals surface area contributed by atoms with Gasteiger partial charge in [0.05, 0.1) is 11.4 Å². The van der Waals surface area contributed by atoms with Gasteiger partial charge in [-0.1, -0.05) is 17.7 Å². The van der Waals surface area contributed by atoms with E-state index < -0.39 is 17.6 Å². The fraction of sp³-hybridized carbons (Fsp3) is 0.158. The highest BCUT2D eigenvalue weighted by molar-refractivity contribution is 5.98. The van der Waals surface area contributed by atoms with Gasteiger partial charge < -0.3 is 0 Å². The fourth-order valence-electron chi connectivity index (χ4n) is 2.57. The average Bonchev–Trinajstić information content (AvgIpc) is 3.01. The van der Waals surface area contributed by atoms with E-state index in [0.29, 0.717) is 5.69 Å². The number of aryl methyl sites for hydroxylation is 3. The summed E-state index contributed by atoms with van der Waals surface area (Å²) in [7, 11) is 0. The number of aromatic nitrogens is 3. The van der Waals surface area contributed by atoms with Crippen molar-refractivity contribution in [1.82, 2.24) is 25.8 Å². The van der Waals surface area contributed by atoms with Crippen molar-refractivity contribution in [3.63, 3.8) is 0 Å². The lowest BCUT2D eigenvalue weighted by atomic mass is 10.1. The molecule has 8 heteroatoms. The summed E-state index contributed by atoms with van der Waals surface area (Å²) in [4.78, 5) is 25.7. The van der Waals surface area contributed by atoms with Gasteiger partial charge in [-0.3, -0.25) is 20.4 Å². The zero-order valence-electron chi connectivity index (χ0n) is 15.1. The Morgan fingerprint density at radius 1 is 0.926 bits per heavy atom. The van der Waals surface area contributed by atoms with Crippen LogP contribution < -0.4 is 10.9 Å². The molecule has 27 heavy (non-hydrogen) atoms. The van der Waals surface area contributed by atoms with Crippen molar-refractivity contribution in [2.45, 2.75) is 20.8 Å². The lowest BCUT2D eigenvalue weighted by molar-refractivity contribution is 0.0843. The molecule has 0 radical (unpaired) electrons. The highest BCUT2D eigenvalue weighted by atomic mass is 19.1. The molecule has 1 heterocycles. The molecule has 2 amide bonds. The van der Waals surface area contributed by atoms with Crippen molar-refractivity contribution in [3.05, 3.63) is 76.4 Å². The summed E-state index contributed by atoms with van der Waals surface area (Å²) in [5.41, 5.74) is 8.14. The summed E-state index contributed by atoms with van der Waals surface area (Å²) in [6, 6.07) is 10.8. The standard InChI is InChI=1S/C19H18FN5O2/c1-11-4-9-16(12(2)10-11)25-23-13(3)17(24-25)19(27)22-21-18(26)14-5-7-15(20)8-6-14/h4-10H,1-3H3,(H,21,26)(H,22,27). The molecule has 0 aliphatic heterocycles. The first-order chi connectivity index (χ1) is 12.8. The number of nitrogens with zero attached hydrogens (tertiary/aromatic N) is 3. The highest BCUT2D eigenvalue weighted by Gasteiger charge is 2.18. The number of hydrogen-bond acceptors (Lipinski definition) is 4. The Balaban J connectivity index is 1.73. The van der Waals surface area contributed by atoms with E-state index in [1.807, 2.05) is 32.0 Å². The average molecular weight is 367 g/mol. The number of nitrogens with one attached hydrogen (secondary N) is 2. The molecule has 0 aliphatic rings. The smallest absolute Gasteiger partial charge is 0.267 e. The Kier molecular flexibility index (Phi) is 4.98. The first-order valence-electron chi connectivity index (χ1n) is 8.23. The Labute approximate surface area is 155 Å². The molecule has 3 rings (SSSR count). The predicted octanol–water partition coefficient (Wildman–Crippen LogP) is 2.41. The lowest BCUT2D eigenvalue weighted by Gasteiger charge is -2.06. The Morgan fingerprint density at radius 3 is 2.26 bits per heavy atom. The first kappa shape index (κ1) is 18.2. The van der Waals surface area contributed by atoms with E-state index in [9.17, 15) is 14.0 Å². The van der Waals surface area contributed by atoms with Crippen molar-refractivity contribution < 1.29 is 14.0 Å². The minimum absolute atomic E-state index is 0.0920. The van der Waals surface area contributed by atoms with Gasteiger partial charge in [-0.2, -0.15) is 9.90 Å². The molecule has 138 valence electrons. The number of carbonyl (C=O) groups excluding carboxylic acids is 2. The molecule has 0 saturated carbocycles. The normalized spacial score (nSPS) is 10.5. The second-order valence-corrected chi connectivity index (χ2v) is 6.13. The van der Waals surface area contributed by atoms with Crippen molar-refractivity contribution in [2.24, 2.45) is 0 Å². The van der Waals surface area contributed by atoms with E-state index in [0.717, 1.165) is 28.9 Å². The highest BCUT2D eigenvalue weighted by Crippen LogP contribution is 2.15. The van der Waals surface area contributed by atoms with Crippen LogP contribution in [0, 0.1) is 26.6 Å². The first-order valence-corrected chi connectivity index (χ1v) is 8.23. The number of benzene rings is 2. The molecule has 0 spiro atoms. The van der Waals surface area contributed by atoms with Crippen LogP contribution in [0.25, 0.3) is 5.69 Å². The van der Waals surface area contributed by atoms with Gasteiger partial charge in [0.2, 0.25) is 0 Å². The summed E-state index contributed by atoms with van der Waals surface area (Å²) in [6.07, 6.45) is 0. The van der Waals surface area contributed by atoms with Crippen LogP contribution in [0.1, 0.15) is 37.7 Å². The van der Waals surface area contributed by atoms with Crippen LogP contribution in [0.3, 0.4) is 0 Å². The van der Waals surface area contributed by atoms with Gasteiger partial charge in [0, 0.05) is 5.56 Å². The number of halogens is 1. The van der Waals surface area contributed by atoms with Crippen LogP contribution in [0.4, 0.5) is 4.39 Å². The third-order valence-electron chi connectivity index (χ3n) is 3.96. The SMILES string of the molecule is Cc1ccc(-n2nc(C)c(C(=O)NNC(=O)c3ccc(F)cc3)n2)c(C)c1. The van der Waals surface area contributed by atoms with E-state index in [4.69, 9.17) is 0 Å². The molecule has 0 fully saturated rings. The van der Waals surface area contributed by atoms with Gasteiger partial charge in [0.1, 0.15) is 5.82 Å². The number of carbonyl (C=O) groups is 2. The summed E-state index contributed by atoms with van der Waals surface area (Å²) in [6.45, 7) is 5.58. The largest absolute Gasteiger partial charge is 0.292 e. The van der Waals surface area contributed by atoms with E-state index in [1.165, 1.54) is 16.9 Å². The third kappa shape index (κ3) is 4.00. The van der Waals surface area contributed by atoms with Crippen molar-refractivity contribution >= 4 is 11.8 Å². The van der Waals surface area contributed by atoms with E-state index in [2.05, 4.69) is 21.0 Å². The molecular weight excluding hydrogens is 349 g/mol. The maximum absolute atomic E-state index is 12.9. The number of rotatable bonds is 3. The minimum Gasteiger partial charge on any atom is -0.267 e. The Hall–Kier alpha value is -3.55. The number of hydrazine groups is 1. The van der Waals surface area contributed by atoms with Gasteiger partial charge in [-0.15, -0.1) is 5.10 Å². The van der Waals surface area contributed by atoms with E-state index >= 15 is 0 Å². The molecule has 0 bridgehead atoms. The van der Waals surface area contributed by atoms with Crippen molar-refractivity contribution in [1.29, 1.82) is 0 Å². The van der Waals surface area contributed by atoms with Crippen LogP contribution in [-0.2, 0) is 0 Å². The Bertz CT molecular complexity index is 1010. The van der Waals surface area contributed by atoms with Gasteiger partial charge in [0.15, 0.2) is 5.69 Å². The molecule has 0 aliphatic carbocycles. The maximum Gasteiger partial charge on any atom is 0.292 e. The van der Waals surface area contributed by atoms with E-state index in [1.54, 1.807) is 6.92 Å². The predicted molar refractivity (Wildman–Crippen MR) is 96.9 cm³/mol. The summed E-state index contributed by atoms with van der Waals surface area (Å²) >= 11 is 0. The summed E-state index contributed by atoms with van der Waals surface area (Å²) < 4.78 is 12.9. The molecule has 0 saturated heterocycles. The topological polar surface area (TPSA) is 88.9 Å². The van der Waals surface area contributed by atoms with Crippen LogP contribution in [0.5, 0.6) is 0 Å². The molecule has 2 N–H and O–H groups in total. The maximum atomic E-state index is 12.9.